The summed E-state index contributed by atoms with van der Waals surface area (Å²) in [4.78, 5) is 0. The molecule has 27 heavy (non-hydrogen) atoms. The number of aliphatic hydroxyl groups is 1. The zero-order valence-electron chi connectivity index (χ0n) is 15.2. The summed E-state index contributed by atoms with van der Waals surface area (Å²) < 4.78 is 11.4. The molecular formula is C22H24ClNO3. The first kappa shape index (κ1) is 19.6. The fraction of sp³-hybridized carbons (Fsp3) is 0.273. The normalized spacial score (nSPS) is 11.0. The molecule has 2 N–H and O–H groups in total. The molecule has 0 atom stereocenters. The van der Waals surface area contributed by atoms with E-state index in [1.165, 1.54) is 10.8 Å². The highest BCUT2D eigenvalue weighted by Crippen LogP contribution is 2.29. The van der Waals surface area contributed by atoms with Crippen LogP contribution in [0.1, 0.15) is 11.1 Å². The number of nitrogens with one attached hydrogen (secondary N) is 1. The van der Waals surface area contributed by atoms with Crippen LogP contribution in [0.3, 0.4) is 0 Å². The van der Waals surface area contributed by atoms with Crippen molar-refractivity contribution >= 4 is 22.4 Å². The van der Waals surface area contributed by atoms with Crippen molar-refractivity contribution in [2.75, 3.05) is 26.4 Å². The van der Waals surface area contributed by atoms with Crippen LogP contribution in [0.4, 0.5) is 0 Å². The van der Waals surface area contributed by atoms with Crippen molar-refractivity contribution in [3.8, 4) is 5.75 Å². The Kier molecular flexibility index (Phi) is 7.48. The predicted molar refractivity (Wildman–Crippen MR) is 109 cm³/mol. The number of benzene rings is 3. The molecule has 0 aromatic heterocycles. The van der Waals surface area contributed by atoms with Gasteiger partial charge in [-0.1, -0.05) is 54.1 Å². The Morgan fingerprint density at radius 3 is 2.70 bits per heavy atom. The second kappa shape index (κ2) is 10.3. The minimum atomic E-state index is 0.0464. The maximum atomic E-state index is 8.76. The van der Waals surface area contributed by atoms with Crippen LogP contribution in [0.2, 0.25) is 5.02 Å². The van der Waals surface area contributed by atoms with Crippen molar-refractivity contribution in [2.24, 2.45) is 0 Å². The Morgan fingerprint density at radius 2 is 1.85 bits per heavy atom. The van der Waals surface area contributed by atoms with Gasteiger partial charge < -0.3 is 19.9 Å². The number of fused-ring (bicyclic) bond motifs is 1. The van der Waals surface area contributed by atoms with Gasteiger partial charge in [-0.25, -0.2) is 0 Å². The molecule has 3 aromatic carbocycles. The molecule has 0 saturated heterocycles. The lowest BCUT2D eigenvalue weighted by Crippen LogP contribution is -2.20. The van der Waals surface area contributed by atoms with Gasteiger partial charge in [-0.05, 0) is 34.5 Å². The first-order chi connectivity index (χ1) is 13.3. The van der Waals surface area contributed by atoms with E-state index in [9.17, 15) is 0 Å². The van der Waals surface area contributed by atoms with Crippen LogP contribution in [0.5, 0.6) is 5.75 Å². The van der Waals surface area contributed by atoms with Gasteiger partial charge in [0.05, 0.1) is 19.8 Å². The summed E-state index contributed by atoms with van der Waals surface area (Å²) in [6, 6.07) is 20.1. The van der Waals surface area contributed by atoms with Gasteiger partial charge in [-0.2, -0.15) is 0 Å². The molecule has 0 saturated carbocycles. The zero-order valence-corrected chi connectivity index (χ0v) is 15.9. The summed E-state index contributed by atoms with van der Waals surface area (Å²) in [6.07, 6.45) is 0. The van der Waals surface area contributed by atoms with Crippen LogP contribution in [-0.2, 0) is 17.9 Å². The highest BCUT2D eigenvalue weighted by atomic mass is 35.5. The third-order valence-electron chi connectivity index (χ3n) is 4.24. The molecule has 0 radical (unpaired) electrons. The van der Waals surface area contributed by atoms with Crippen molar-refractivity contribution in [1.29, 1.82) is 0 Å². The number of hydrogen-bond donors (Lipinski definition) is 2. The molecule has 0 bridgehead atoms. The fourth-order valence-electron chi connectivity index (χ4n) is 2.95. The van der Waals surface area contributed by atoms with Crippen LogP contribution in [-0.4, -0.2) is 31.5 Å². The molecule has 3 aromatic rings. The highest BCUT2D eigenvalue weighted by Gasteiger charge is 2.09. The number of ether oxygens (including phenoxy) is 2. The Hall–Kier alpha value is -2.11. The average Bonchev–Trinajstić information content (AvgIpc) is 2.69. The first-order valence-electron chi connectivity index (χ1n) is 9.05. The van der Waals surface area contributed by atoms with E-state index in [2.05, 4.69) is 23.5 Å². The van der Waals surface area contributed by atoms with Crippen LogP contribution in [0, 0.1) is 0 Å². The van der Waals surface area contributed by atoms with Crippen molar-refractivity contribution in [3.05, 3.63) is 76.8 Å². The number of aliphatic hydroxyl groups excluding tert-OH is 1. The Morgan fingerprint density at radius 1 is 0.963 bits per heavy atom. The third-order valence-corrected chi connectivity index (χ3v) is 4.48. The van der Waals surface area contributed by atoms with E-state index < -0.39 is 0 Å². The van der Waals surface area contributed by atoms with Crippen LogP contribution in [0.25, 0.3) is 10.8 Å². The summed E-state index contributed by atoms with van der Waals surface area (Å²) in [6.45, 7) is 2.82. The summed E-state index contributed by atoms with van der Waals surface area (Å²) in [5.74, 6) is 0.859. The van der Waals surface area contributed by atoms with Crippen molar-refractivity contribution in [1.82, 2.24) is 5.32 Å². The summed E-state index contributed by atoms with van der Waals surface area (Å²) >= 11 is 6.06. The number of hydrogen-bond acceptors (Lipinski definition) is 4. The van der Waals surface area contributed by atoms with Gasteiger partial charge in [0.2, 0.25) is 0 Å². The summed E-state index contributed by atoms with van der Waals surface area (Å²) in [5, 5.41) is 15.2. The Bertz CT molecular complexity index is 869. The van der Waals surface area contributed by atoms with Crippen LogP contribution < -0.4 is 10.1 Å². The van der Waals surface area contributed by atoms with Gasteiger partial charge in [0.15, 0.2) is 0 Å². The molecule has 0 aliphatic carbocycles. The molecule has 0 fully saturated rings. The smallest absolute Gasteiger partial charge is 0.124 e. The van der Waals surface area contributed by atoms with Gasteiger partial charge in [-0.3, -0.25) is 0 Å². The van der Waals surface area contributed by atoms with Gasteiger partial charge in [0.1, 0.15) is 12.4 Å². The molecule has 0 aliphatic rings. The molecule has 0 spiro atoms. The van der Waals surface area contributed by atoms with Gasteiger partial charge in [0, 0.05) is 23.7 Å². The molecule has 5 heteroatoms. The molecule has 4 nitrogen and oxygen atoms in total. The molecule has 0 unspecified atom stereocenters. The molecule has 0 amide bonds. The standard InChI is InChI=1S/C22H24ClNO3/c23-19-6-3-4-17(14-19)16-27-22-9-8-18-5-1-2-7-20(18)21(22)15-24-10-12-26-13-11-25/h1-9,14,24-25H,10-13,15-16H2. The molecule has 142 valence electrons. The highest BCUT2D eigenvalue weighted by molar-refractivity contribution is 6.30. The minimum absolute atomic E-state index is 0.0464. The molecular weight excluding hydrogens is 362 g/mol. The summed E-state index contributed by atoms with van der Waals surface area (Å²) in [7, 11) is 0. The van der Waals surface area contributed by atoms with Crippen molar-refractivity contribution < 1.29 is 14.6 Å². The zero-order chi connectivity index (χ0) is 18.9. The van der Waals surface area contributed by atoms with E-state index in [0.29, 0.717) is 37.9 Å². The van der Waals surface area contributed by atoms with Crippen LogP contribution >= 0.6 is 11.6 Å². The maximum Gasteiger partial charge on any atom is 0.124 e. The Labute approximate surface area is 164 Å². The lowest BCUT2D eigenvalue weighted by Gasteiger charge is -2.15. The van der Waals surface area contributed by atoms with E-state index in [0.717, 1.165) is 16.9 Å². The monoisotopic (exact) mass is 385 g/mol. The molecule has 0 aliphatic heterocycles. The van der Waals surface area contributed by atoms with E-state index >= 15 is 0 Å². The Balaban J connectivity index is 1.73. The fourth-order valence-corrected chi connectivity index (χ4v) is 3.16. The topological polar surface area (TPSA) is 50.7 Å². The van der Waals surface area contributed by atoms with E-state index in [1.807, 2.05) is 42.5 Å². The second-order valence-corrected chi connectivity index (χ2v) is 6.63. The van der Waals surface area contributed by atoms with E-state index in [-0.39, 0.29) is 6.61 Å². The summed E-state index contributed by atoms with van der Waals surface area (Å²) in [5.41, 5.74) is 2.16. The van der Waals surface area contributed by atoms with Crippen molar-refractivity contribution in [3.63, 3.8) is 0 Å². The van der Waals surface area contributed by atoms with Crippen molar-refractivity contribution in [2.45, 2.75) is 13.2 Å². The van der Waals surface area contributed by atoms with Gasteiger partial charge in [-0.15, -0.1) is 0 Å². The molecule has 0 heterocycles. The lowest BCUT2D eigenvalue weighted by atomic mass is 10.0. The SMILES string of the molecule is OCCOCCNCc1c(OCc2cccc(Cl)c2)ccc2ccccc12. The lowest BCUT2D eigenvalue weighted by molar-refractivity contribution is 0.0938. The largest absolute Gasteiger partial charge is 0.489 e. The second-order valence-electron chi connectivity index (χ2n) is 6.19. The average molecular weight is 386 g/mol. The van der Waals surface area contributed by atoms with E-state index in [1.54, 1.807) is 0 Å². The first-order valence-corrected chi connectivity index (χ1v) is 9.43. The maximum absolute atomic E-state index is 8.76. The molecule has 3 rings (SSSR count). The predicted octanol–water partition coefficient (Wildman–Crippen LogP) is 4.17. The van der Waals surface area contributed by atoms with Gasteiger partial charge >= 0.3 is 0 Å². The quantitative estimate of drug-likeness (QED) is 0.514. The number of rotatable bonds is 10. The van der Waals surface area contributed by atoms with E-state index in [4.69, 9.17) is 26.2 Å². The van der Waals surface area contributed by atoms with Crippen LogP contribution in [0.15, 0.2) is 60.7 Å². The van der Waals surface area contributed by atoms with Gasteiger partial charge in [0.25, 0.3) is 0 Å². The number of halogens is 1. The minimum Gasteiger partial charge on any atom is -0.489 e. The third kappa shape index (κ3) is 5.68.